The van der Waals surface area contributed by atoms with Crippen LogP contribution in [-0.2, 0) is 45.2 Å². The molecule has 2 aliphatic heterocycles. The molecule has 6 rings (SSSR count). The van der Waals surface area contributed by atoms with E-state index in [0.29, 0.717) is 32.2 Å². The summed E-state index contributed by atoms with van der Waals surface area (Å²) < 4.78 is 24.4. The van der Waals surface area contributed by atoms with Crippen molar-refractivity contribution in [2.75, 3.05) is 27.3 Å². The number of nitrogens with zero attached hydrogens (tertiary/aromatic N) is 1. The zero-order valence-corrected chi connectivity index (χ0v) is 30.4. The number of fused-ring (bicyclic) bond motifs is 1. The van der Waals surface area contributed by atoms with Crippen molar-refractivity contribution >= 4 is 11.8 Å². The van der Waals surface area contributed by atoms with Crippen molar-refractivity contribution < 1.29 is 38.9 Å². The summed E-state index contributed by atoms with van der Waals surface area (Å²) >= 11 is 0. The summed E-state index contributed by atoms with van der Waals surface area (Å²) in [6.07, 6.45) is 2.39. The highest BCUT2D eigenvalue weighted by molar-refractivity contribution is 5.76. The van der Waals surface area contributed by atoms with E-state index in [1.54, 1.807) is 19.7 Å². The second-order valence-corrected chi connectivity index (χ2v) is 13.7. The predicted octanol–water partition coefficient (Wildman–Crippen LogP) is 6.15. The number of hydrogen-bond acceptors (Lipinski definition) is 9. The third-order valence-electron chi connectivity index (χ3n) is 9.99. The van der Waals surface area contributed by atoms with Gasteiger partial charge in [0.15, 0.2) is 17.8 Å². The first kappa shape index (κ1) is 38.0. The molecular weight excluding hydrogens is 674 g/mol. The molecule has 0 unspecified atom stereocenters. The number of carbonyl (C=O) groups is 2. The normalized spacial score (nSPS) is 18.5. The van der Waals surface area contributed by atoms with Gasteiger partial charge in [0.25, 0.3) is 0 Å². The number of benzene rings is 4. The zero-order chi connectivity index (χ0) is 37.2. The molecule has 11 heteroatoms. The molecule has 2 aliphatic rings. The summed E-state index contributed by atoms with van der Waals surface area (Å²) in [5.74, 6) is 0.963. The standard InChI is InChI=1S/C42H49N3O8/c1-50-38-21-34-18-19-45(25-35(34)22-39(38)51-2)26-36-23-37(31-12-10-28(27-46)11-13-31)53-42(52-36)32-16-14-30(15-17-32)33-7-5-6-29(20-33)24-43-40(47)8-3-4-9-41(48)44-49/h5-7,10-17,20-22,36-37,42,46,49H,3-4,8-9,18-19,23-27H2,1-2H3,(H,43,47)(H,44,48)/t36-,37+,42+/m1/s1. The number of ether oxygens (including phenoxy) is 4. The fourth-order valence-electron chi connectivity index (χ4n) is 7.03. The first-order valence-corrected chi connectivity index (χ1v) is 18.2. The van der Waals surface area contributed by atoms with E-state index in [1.165, 1.54) is 11.1 Å². The molecule has 280 valence electrons. The maximum absolute atomic E-state index is 12.3. The van der Waals surface area contributed by atoms with Gasteiger partial charge in [-0.3, -0.25) is 19.7 Å². The minimum atomic E-state index is -0.564. The molecule has 4 aromatic carbocycles. The van der Waals surface area contributed by atoms with Crippen molar-refractivity contribution in [3.63, 3.8) is 0 Å². The van der Waals surface area contributed by atoms with Gasteiger partial charge in [-0.1, -0.05) is 66.7 Å². The fraction of sp³-hybridized carbons (Fsp3) is 0.381. The van der Waals surface area contributed by atoms with Crippen molar-refractivity contribution in [2.45, 2.75) is 76.7 Å². The lowest BCUT2D eigenvalue weighted by atomic mass is 9.96. The molecule has 53 heavy (non-hydrogen) atoms. The Morgan fingerprint density at radius 2 is 1.51 bits per heavy atom. The van der Waals surface area contributed by atoms with Crippen molar-refractivity contribution in [3.8, 4) is 22.6 Å². The van der Waals surface area contributed by atoms with Crippen molar-refractivity contribution in [1.29, 1.82) is 0 Å². The number of nitrogens with one attached hydrogen (secondary N) is 2. The molecule has 1 fully saturated rings. The maximum Gasteiger partial charge on any atom is 0.243 e. The smallest absolute Gasteiger partial charge is 0.243 e. The van der Waals surface area contributed by atoms with E-state index in [1.807, 2.05) is 42.5 Å². The van der Waals surface area contributed by atoms with Crippen molar-refractivity contribution in [3.05, 3.63) is 118 Å². The highest BCUT2D eigenvalue weighted by atomic mass is 16.7. The lowest BCUT2D eigenvalue weighted by molar-refractivity contribution is -0.253. The quantitative estimate of drug-likeness (QED) is 0.0647. The van der Waals surface area contributed by atoms with Gasteiger partial charge >= 0.3 is 0 Å². The third-order valence-corrected chi connectivity index (χ3v) is 9.99. The Hall–Kier alpha value is -4.78. The van der Waals surface area contributed by atoms with Gasteiger partial charge in [0.05, 0.1) is 33.0 Å². The third kappa shape index (κ3) is 10.0. The van der Waals surface area contributed by atoms with Gasteiger partial charge in [-0.25, -0.2) is 5.48 Å². The number of amides is 2. The Labute approximate surface area is 310 Å². The molecule has 0 spiro atoms. The van der Waals surface area contributed by atoms with Crippen LogP contribution in [0.25, 0.3) is 11.1 Å². The highest BCUT2D eigenvalue weighted by Gasteiger charge is 2.34. The van der Waals surface area contributed by atoms with E-state index >= 15 is 0 Å². The lowest BCUT2D eigenvalue weighted by Gasteiger charge is -2.39. The summed E-state index contributed by atoms with van der Waals surface area (Å²) in [7, 11) is 3.33. The monoisotopic (exact) mass is 723 g/mol. The number of carbonyl (C=O) groups excluding carboxylic acids is 2. The van der Waals surface area contributed by atoms with E-state index in [9.17, 15) is 14.7 Å². The number of rotatable bonds is 15. The van der Waals surface area contributed by atoms with Crippen LogP contribution in [0.3, 0.4) is 0 Å². The molecule has 2 heterocycles. The van der Waals surface area contributed by atoms with Gasteiger partial charge in [-0.15, -0.1) is 0 Å². The summed E-state index contributed by atoms with van der Waals surface area (Å²) in [6.45, 7) is 2.85. The molecule has 4 N–H and O–H groups in total. The first-order chi connectivity index (χ1) is 25.8. The van der Waals surface area contributed by atoms with Crippen LogP contribution in [0, 0.1) is 0 Å². The van der Waals surface area contributed by atoms with Crippen LogP contribution in [0.2, 0.25) is 0 Å². The molecule has 0 bridgehead atoms. The van der Waals surface area contributed by atoms with Crippen LogP contribution in [0.1, 0.15) is 77.9 Å². The largest absolute Gasteiger partial charge is 0.493 e. The molecular formula is C42H49N3O8. The van der Waals surface area contributed by atoms with Crippen molar-refractivity contribution in [2.24, 2.45) is 0 Å². The average molecular weight is 724 g/mol. The van der Waals surface area contributed by atoms with E-state index < -0.39 is 12.2 Å². The predicted molar refractivity (Wildman–Crippen MR) is 199 cm³/mol. The Kier molecular flexibility index (Phi) is 13.1. The number of aliphatic hydroxyl groups excluding tert-OH is 1. The molecule has 0 radical (unpaired) electrons. The molecule has 3 atom stereocenters. The molecule has 0 saturated carbocycles. The summed E-state index contributed by atoms with van der Waals surface area (Å²) in [5.41, 5.74) is 10.0. The van der Waals surface area contributed by atoms with Gasteiger partial charge in [0.2, 0.25) is 11.8 Å². The SMILES string of the molecule is COc1cc2c(cc1OC)CN(C[C@H]1C[C@@H](c3ccc(CO)cc3)O[C@@H](c3ccc(-c4cccc(CNC(=O)CCCCC(=O)NO)c4)cc3)O1)CC2. The van der Waals surface area contributed by atoms with Crippen LogP contribution >= 0.6 is 0 Å². The molecule has 4 aromatic rings. The average Bonchev–Trinajstić information content (AvgIpc) is 3.21. The van der Waals surface area contributed by atoms with Gasteiger partial charge in [0, 0.05) is 51.0 Å². The Bertz CT molecular complexity index is 1830. The number of methoxy groups -OCH3 is 2. The fourth-order valence-corrected chi connectivity index (χ4v) is 7.03. The van der Waals surface area contributed by atoms with Crippen LogP contribution in [0.4, 0.5) is 0 Å². The summed E-state index contributed by atoms with van der Waals surface area (Å²) in [5, 5.41) is 21.2. The van der Waals surface area contributed by atoms with Crippen LogP contribution in [-0.4, -0.2) is 60.4 Å². The summed E-state index contributed by atoms with van der Waals surface area (Å²) in [6, 6.07) is 28.4. The Morgan fingerprint density at radius 1 is 0.811 bits per heavy atom. The van der Waals surface area contributed by atoms with E-state index in [2.05, 4.69) is 52.7 Å². The van der Waals surface area contributed by atoms with Crippen molar-refractivity contribution in [1.82, 2.24) is 15.7 Å². The maximum atomic E-state index is 12.3. The van der Waals surface area contributed by atoms with Gasteiger partial charge in [-0.2, -0.15) is 0 Å². The molecule has 0 aromatic heterocycles. The topological polar surface area (TPSA) is 139 Å². The first-order valence-electron chi connectivity index (χ1n) is 18.2. The number of hydrogen-bond donors (Lipinski definition) is 4. The number of hydroxylamine groups is 1. The highest BCUT2D eigenvalue weighted by Crippen LogP contribution is 2.40. The minimum Gasteiger partial charge on any atom is -0.493 e. The number of aliphatic hydroxyl groups is 1. The van der Waals surface area contributed by atoms with Crippen LogP contribution < -0.4 is 20.3 Å². The molecule has 11 nitrogen and oxygen atoms in total. The molecule has 1 saturated heterocycles. The minimum absolute atomic E-state index is 0.00774. The van der Waals surface area contributed by atoms with Gasteiger partial charge < -0.3 is 29.4 Å². The lowest BCUT2D eigenvalue weighted by Crippen LogP contribution is -2.41. The number of unbranched alkanes of at least 4 members (excludes halogenated alkanes) is 1. The van der Waals surface area contributed by atoms with E-state index in [0.717, 1.165) is 70.9 Å². The van der Waals surface area contributed by atoms with Crippen LogP contribution in [0.5, 0.6) is 11.5 Å². The molecule has 2 amide bonds. The van der Waals surface area contributed by atoms with E-state index in [4.69, 9.17) is 24.2 Å². The van der Waals surface area contributed by atoms with E-state index in [-0.39, 0.29) is 31.1 Å². The zero-order valence-electron chi connectivity index (χ0n) is 30.4. The molecule has 0 aliphatic carbocycles. The second-order valence-electron chi connectivity index (χ2n) is 13.7. The van der Waals surface area contributed by atoms with Crippen LogP contribution in [0.15, 0.2) is 84.9 Å². The second kappa shape index (κ2) is 18.3. The van der Waals surface area contributed by atoms with Gasteiger partial charge in [0.1, 0.15) is 0 Å². The Morgan fingerprint density at radius 3 is 2.21 bits per heavy atom. The Balaban J connectivity index is 1.12. The van der Waals surface area contributed by atoms with Gasteiger partial charge in [-0.05, 0) is 76.4 Å². The summed E-state index contributed by atoms with van der Waals surface area (Å²) in [4.78, 5) is 25.9.